The monoisotopic (exact) mass is 212 g/mol. The van der Waals surface area contributed by atoms with Gasteiger partial charge in [0.05, 0.1) is 24.4 Å². The molecule has 2 rings (SSSR count). The molecular weight excluding hydrogens is 188 g/mol. The Morgan fingerprint density at radius 3 is 2.40 bits per heavy atom. The molecule has 0 spiro atoms. The molecule has 0 N–H and O–H groups in total. The van der Waals surface area contributed by atoms with Gasteiger partial charge in [0.15, 0.2) is 0 Å². The first kappa shape index (κ1) is 11.4. The minimum Gasteiger partial charge on any atom is -0.372 e. The SMILES string of the molecule is CC(C)CC12COC(C(C)O1)C2C(C)C. The molecule has 0 aromatic heterocycles. The number of hydrogen-bond donors (Lipinski definition) is 0. The molecule has 2 fully saturated rings. The van der Waals surface area contributed by atoms with Crippen molar-refractivity contribution in [3.8, 4) is 0 Å². The molecule has 0 aromatic rings. The van der Waals surface area contributed by atoms with Gasteiger partial charge in [-0.15, -0.1) is 0 Å². The molecule has 2 heteroatoms. The number of rotatable bonds is 3. The summed E-state index contributed by atoms with van der Waals surface area (Å²) in [5.41, 5.74) is 0.0203. The highest BCUT2D eigenvalue weighted by Crippen LogP contribution is 2.50. The van der Waals surface area contributed by atoms with Gasteiger partial charge < -0.3 is 9.47 Å². The topological polar surface area (TPSA) is 18.5 Å². The molecule has 0 radical (unpaired) electrons. The highest BCUT2D eigenvalue weighted by Gasteiger charge is 2.60. The minimum atomic E-state index is 0.0203. The van der Waals surface area contributed by atoms with Crippen LogP contribution in [-0.4, -0.2) is 24.4 Å². The average molecular weight is 212 g/mol. The first-order chi connectivity index (χ1) is 6.96. The van der Waals surface area contributed by atoms with Gasteiger partial charge in [-0.1, -0.05) is 27.7 Å². The fourth-order valence-corrected chi connectivity index (χ4v) is 3.63. The summed E-state index contributed by atoms with van der Waals surface area (Å²) >= 11 is 0. The van der Waals surface area contributed by atoms with Crippen molar-refractivity contribution in [1.82, 2.24) is 0 Å². The number of ether oxygens (including phenoxy) is 2. The summed E-state index contributed by atoms with van der Waals surface area (Å²) in [6.07, 6.45) is 1.75. The van der Waals surface area contributed by atoms with E-state index in [-0.39, 0.29) is 11.7 Å². The van der Waals surface area contributed by atoms with Gasteiger partial charge in [-0.2, -0.15) is 0 Å². The molecule has 0 amide bonds. The fourth-order valence-electron chi connectivity index (χ4n) is 3.63. The highest BCUT2D eigenvalue weighted by molar-refractivity contribution is 5.07. The molecule has 15 heavy (non-hydrogen) atoms. The van der Waals surface area contributed by atoms with E-state index in [2.05, 4.69) is 34.6 Å². The van der Waals surface area contributed by atoms with E-state index in [0.717, 1.165) is 13.0 Å². The van der Waals surface area contributed by atoms with Crippen LogP contribution >= 0.6 is 0 Å². The summed E-state index contributed by atoms with van der Waals surface area (Å²) in [5.74, 6) is 1.93. The van der Waals surface area contributed by atoms with Gasteiger partial charge in [0.25, 0.3) is 0 Å². The summed E-state index contributed by atoms with van der Waals surface area (Å²) in [6, 6.07) is 0. The third kappa shape index (κ3) is 1.72. The molecule has 88 valence electrons. The van der Waals surface area contributed by atoms with E-state index in [1.807, 2.05) is 0 Å². The number of fused-ring (bicyclic) bond motifs is 2. The van der Waals surface area contributed by atoms with E-state index in [4.69, 9.17) is 9.47 Å². The minimum absolute atomic E-state index is 0.0203. The third-order valence-electron chi connectivity index (χ3n) is 3.84. The van der Waals surface area contributed by atoms with Crippen molar-refractivity contribution in [1.29, 1.82) is 0 Å². The van der Waals surface area contributed by atoms with Gasteiger partial charge in [-0.05, 0) is 25.2 Å². The maximum atomic E-state index is 6.21. The lowest BCUT2D eigenvalue weighted by atomic mass is 9.76. The van der Waals surface area contributed by atoms with E-state index < -0.39 is 0 Å². The maximum Gasteiger partial charge on any atom is 0.0978 e. The first-order valence-corrected chi connectivity index (χ1v) is 6.25. The molecule has 0 aliphatic carbocycles. The molecule has 2 saturated heterocycles. The van der Waals surface area contributed by atoms with Crippen molar-refractivity contribution in [2.24, 2.45) is 17.8 Å². The van der Waals surface area contributed by atoms with E-state index in [1.54, 1.807) is 0 Å². The van der Waals surface area contributed by atoms with Gasteiger partial charge >= 0.3 is 0 Å². The van der Waals surface area contributed by atoms with Crippen LogP contribution in [0.15, 0.2) is 0 Å². The molecule has 2 aliphatic rings. The quantitative estimate of drug-likeness (QED) is 0.716. The lowest BCUT2D eigenvalue weighted by molar-refractivity contribution is -0.143. The summed E-state index contributed by atoms with van der Waals surface area (Å²) in [7, 11) is 0. The zero-order chi connectivity index (χ0) is 11.2. The molecule has 2 heterocycles. The highest BCUT2D eigenvalue weighted by atomic mass is 16.6. The first-order valence-electron chi connectivity index (χ1n) is 6.25. The molecule has 0 saturated carbocycles. The van der Waals surface area contributed by atoms with Crippen LogP contribution in [-0.2, 0) is 9.47 Å². The molecule has 2 nitrogen and oxygen atoms in total. The van der Waals surface area contributed by atoms with Crippen LogP contribution in [0.3, 0.4) is 0 Å². The third-order valence-corrected chi connectivity index (χ3v) is 3.84. The largest absolute Gasteiger partial charge is 0.372 e. The van der Waals surface area contributed by atoms with Crippen LogP contribution in [0, 0.1) is 17.8 Å². The van der Waals surface area contributed by atoms with Crippen LogP contribution in [0.4, 0.5) is 0 Å². The standard InChI is InChI=1S/C13H24O2/c1-8(2)6-13-7-14-12(10(5)15-13)11(13)9(3)4/h8-12H,6-7H2,1-5H3. The summed E-state index contributed by atoms with van der Waals surface area (Å²) < 4.78 is 12.1. The van der Waals surface area contributed by atoms with Gasteiger partial charge in [0, 0.05) is 5.92 Å². The second-order valence-electron chi connectivity index (χ2n) is 6.03. The molecule has 0 aromatic carbocycles. The van der Waals surface area contributed by atoms with Crippen LogP contribution < -0.4 is 0 Å². The molecule has 2 bridgehead atoms. The van der Waals surface area contributed by atoms with Crippen LogP contribution in [0.2, 0.25) is 0 Å². The van der Waals surface area contributed by atoms with Gasteiger partial charge in [-0.25, -0.2) is 0 Å². The van der Waals surface area contributed by atoms with Crippen molar-refractivity contribution in [2.45, 2.75) is 58.8 Å². The Hall–Kier alpha value is -0.0800. The normalized spacial score (nSPS) is 44.6. The number of hydrogen-bond acceptors (Lipinski definition) is 2. The molecule has 4 unspecified atom stereocenters. The van der Waals surface area contributed by atoms with Crippen LogP contribution in [0.5, 0.6) is 0 Å². The smallest absolute Gasteiger partial charge is 0.0978 e. The Bertz CT molecular complexity index is 237. The molecule has 4 atom stereocenters. The van der Waals surface area contributed by atoms with Crippen molar-refractivity contribution < 1.29 is 9.47 Å². The Balaban J connectivity index is 2.21. The lowest BCUT2D eigenvalue weighted by Crippen LogP contribution is -2.40. The second kappa shape index (κ2) is 3.74. The molecular formula is C13H24O2. The second-order valence-corrected chi connectivity index (χ2v) is 6.03. The van der Waals surface area contributed by atoms with Crippen molar-refractivity contribution in [3.63, 3.8) is 0 Å². The summed E-state index contributed by atoms with van der Waals surface area (Å²) in [6.45, 7) is 12.1. The zero-order valence-corrected chi connectivity index (χ0v) is 10.6. The van der Waals surface area contributed by atoms with E-state index in [1.165, 1.54) is 0 Å². The summed E-state index contributed by atoms with van der Waals surface area (Å²) in [4.78, 5) is 0. The Kier molecular flexibility index (Phi) is 2.85. The van der Waals surface area contributed by atoms with Gasteiger partial charge in [0.1, 0.15) is 0 Å². The Labute approximate surface area is 93.3 Å². The maximum absolute atomic E-state index is 6.21. The van der Waals surface area contributed by atoms with Crippen LogP contribution in [0.25, 0.3) is 0 Å². The Morgan fingerprint density at radius 2 is 1.93 bits per heavy atom. The van der Waals surface area contributed by atoms with E-state index >= 15 is 0 Å². The van der Waals surface area contributed by atoms with Crippen molar-refractivity contribution >= 4 is 0 Å². The average Bonchev–Trinajstić information content (AvgIpc) is 2.53. The van der Waals surface area contributed by atoms with Crippen LogP contribution in [0.1, 0.15) is 41.0 Å². The van der Waals surface area contributed by atoms with Gasteiger partial charge in [-0.3, -0.25) is 0 Å². The van der Waals surface area contributed by atoms with Crippen molar-refractivity contribution in [3.05, 3.63) is 0 Å². The molecule has 2 aliphatic heterocycles. The Morgan fingerprint density at radius 1 is 1.27 bits per heavy atom. The predicted octanol–water partition coefficient (Wildman–Crippen LogP) is 2.86. The predicted molar refractivity (Wildman–Crippen MR) is 60.8 cm³/mol. The van der Waals surface area contributed by atoms with Gasteiger partial charge in [0.2, 0.25) is 0 Å². The summed E-state index contributed by atoms with van der Waals surface area (Å²) in [5, 5.41) is 0. The lowest BCUT2D eigenvalue weighted by Gasteiger charge is -2.33. The zero-order valence-electron chi connectivity index (χ0n) is 10.6. The van der Waals surface area contributed by atoms with E-state index in [0.29, 0.717) is 23.9 Å². The van der Waals surface area contributed by atoms with Crippen molar-refractivity contribution in [2.75, 3.05) is 6.61 Å². The van der Waals surface area contributed by atoms with E-state index in [9.17, 15) is 0 Å². The fraction of sp³-hybridized carbons (Fsp3) is 1.00.